The number of aromatic nitrogens is 4. The van der Waals surface area contributed by atoms with Crippen LogP contribution in [0, 0.1) is 6.92 Å². The summed E-state index contributed by atoms with van der Waals surface area (Å²) in [5, 5.41) is 7.69. The molecule has 3 heterocycles. The van der Waals surface area contributed by atoms with E-state index in [1.165, 1.54) is 0 Å². The third kappa shape index (κ3) is 2.80. The second-order valence-electron chi connectivity index (χ2n) is 5.13. The lowest BCUT2D eigenvalue weighted by Crippen LogP contribution is -2.30. The van der Waals surface area contributed by atoms with Crippen molar-refractivity contribution >= 4 is 5.95 Å². The van der Waals surface area contributed by atoms with Crippen molar-refractivity contribution in [1.29, 1.82) is 0 Å². The number of hydrogen-bond acceptors (Lipinski definition) is 5. The largest absolute Gasteiger partial charge is 0.379 e. The smallest absolute Gasteiger partial charge is 0.223 e. The summed E-state index contributed by atoms with van der Waals surface area (Å²) in [4.78, 5) is 8.87. The molecule has 1 N–H and O–H groups in total. The van der Waals surface area contributed by atoms with Gasteiger partial charge in [0.15, 0.2) is 0 Å². The highest BCUT2D eigenvalue weighted by atomic mass is 16.5. The fourth-order valence-electron chi connectivity index (χ4n) is 2.47. The van der Waals surface area contributed by atoms with Gasteiger partial charge >= 0.3 is 0 Å². The molecule has 106 valence electrons. The first kappa shape index (κ1) is 13.1. The van der Waals surface area contributed by atoms with Crippen LogP contribution in [0.4, 0.5) is 5.95 Å². The van der Waals surface area contributed by atoms with Crippen LogP contribution >= 0.6 is 0 Å². The van der Waals surface area contributed by atoms with Crippen molar-refractivity contribution in [2.24, 2.45) is 7.05 Å². The number of hydrogen-bond donors (Lipinski definition) is 1. The Morgan fingerprint density at radius 1 is 1.45 bits per heavy atom. The number of nitrogens with zero attached hydrogens (tertiary/aromatic N) is 4. The SMILES string of the molecule is Cc1nn(C)cc1-c1ccnc(NC2CCCOC2)n1. The molecule has 0 spiro atoms. The van der Waals surface area contributed by atoms with Crippen molar-refractivity contribution in [2.75, 3.05) is 18.5 Å². The van der Waals surface area contributed by atoms with Gasteiger partial charge in [-0.05, 0) is 25.8 Å². The van der Waals surface area contributed by atoms with E-state index in [0.717, 1.165) is 43.0 Å². The van der Waals surface area contributed by atoms with Crippen LogP contribution in [0.2, 0.25) is 0 Å². The first-order valence-corrected chi connectivity index (χ1v) is 6.90. The predicted octanol–water partition coefficient (Wildman–Crippen LogP) is 1.78. The zero-order valence-corrected chi connectivity index (χ0v) is 11.8. The highest BCUT2D eigenvalue weighted by Gasteiger charge is 2.15. The maximum atomic E-state index is 5.46. The van der Waals surface area contributed by atoms with Crippen molar-refractivity contribution in [3.8, 4) is 11.3 Å². The Morgan fingerprint density at radius 3 is 3.05 bits per heavy atom. The molecule has 1 aliphatic rings. The minimum Gasteiger partial charge on any atom is -0.379 e. The van der Waals surface area contributed by atoms with Crippen molar-refractivity contribution in [2.45, 2.75) is 25.8 Å². The third-order valence-electron chi connectivity index (χ3n) is 3.44. The first-order chi connectivity index (χ1) is 9.72. The van der Waals surface area contributed by atoms with Crippen LogP contribution in [-0.4, -0.2) is 39.0 Å². The molecule has 3 rings (SSSR count). The quantitative estimate of drug-likeness (QED) is 0.923. The maximum Gasteiger partial charge on any atom is 0.223 e. The Morgan fingerprint density at radius 2 is 2.35 bits per heavy atom. The minimum atomic E-state index is 0.300. The highest BCUT2D eigenvalue weighted by molar-refractivity contribution is 5.61. The maximum absolute atomic E-state index is 5.46. The average molecular weight is 273 g/mol. The van der Waals surface area contributed by atoms with Gasteiger partial charge in [0.05, 0.1) is 24.0 Å². The van der Waals surface area contributed by atoms with Gasteiger partial charge in [-0.3, -0.25) is 4.68 Å². The topological polar surface area (TPSA) is 64.9 Å². The lowest BCUT2D eigenvalue weighted by atomic mass is 10.1. The summed E-state index contributed by atoms with van der Waals surface area (Å²) in [6, 6.07) is 2.21. The average Bonchev–Trinajstić information content (AvgIpc) is 2.79. The van der Waals surface area contributed by atoms with Gasteiger partial charge in [-0.25, -0.2) is 9.97 Å². The van der Waals surface area contributed by atoms with Crippen molar-refractivity contribution in [1.82, 2.24) is 19.7 Å². The first-order valence-electron chi connectivity index (χ1n) is 6.90. The zero-order valence-electron chi connectivity index (χ0n) is 11.8. The Hall–Kier alpha value is -1.95. The summed E-state index contributed by atoms with van der Waals surface area (Å²) in [5.74, 6) is 0.654. The Kier molecular flexibility index (Phi) is 3.64. The Labute approximate surface area is 118 Å². The summed E-state index contributed by atoms with van der Waals surface area (Å²) in [5.41, 5.74) is 2.90. The molecule has 0 amide bonds. The van der Waals surface area contributed by atoms with Crippen LogP contribution < -0.4 is 5.32 Å². The molecule has 1 saturated heterocycles. The van der Waals surface area contributed by atoms with Crippen LogP contribution in [0.15, 0.2) is 18.5 Å². The monoisotopic (exact) mass is 273 g/mol. The van der Waals surface area contributed by atoms with Crippen LogP contribution in [0.3, 0.4) is 0 Å². The molecule has 6 nitrogen and oxygen atoms in total. The molecule has 6 heteroatoms. The van der Waals surface area contributed by atoms with Gasteiger partial charge in [-0.15, -0.1) is 0 Å². The van der Waals surface area contributed by atoms with Crippen LogP contribution in [0.25, 0.3) is 11.3 Å². The van der Waals surface area contributed by atoms with E-state index in [1.54, 1.807) is 10.9 Å². The fourth-order valence-corrected chi connectivity index (χ4v) is 2.47. The van der Waals surface area contributed by atoms with E-state index in [0.29, 0.717) is 12.0 Å². The van der Waals surface area contributed by atoms with E-state index in [2.05, 4.69) is 20.4 Å². The molecular formula is C14H19N5O. The van der Waals surface area contributed by atoms with Gasteiger partial charge in [0, 0.05) is 31.6 Å². The molecule has 20 heavy (non-hydrogen) atoms. The molecule has 2 aromatic rings. The summed E-state index contributed by atoms with van der Waals surface area (Å²) >= 11 is 0. The highest BCUT2D eigenvalue weighted by Crippen LogP contribution is 2.21. The number of ether oxygens (including phenoxy) is 1. The number of aryl methyl sites for hydroxylation is 2. The fraction of sp³-hybridized carbons (Fsp3) is 0.500. The van der Waals surface area contributed by atoms with Crippen LogP contribution in [0.1, 0.15) is 18.5 Å². The molecular weight excluding hydrogens is 254 g/mol. The van der Waals surface area contributed by atoms with E-state index in [-0.39, 0.29) is 0 Å². The normalized spacial score (nSPS) is 19.0. The van der Waals surface area contributed by atoms with E-state index >= 15 is 0 Å². The van der Waals surface area contributed by atoms with Crippen LogP contribution in [-0.2, 0) is 11.8 Å². The van der Waals surface area contributed by atoms with Gasteiger partial charge in [0.25, 0.3) is 0 Å². The standard InChI is InChI=1S/C14H19N5O/c1-10-12(8-19(2)18-10)13-5-6-15-14(17-13)16-11-4-3-7-20-9-11/h5-6,8,11H,3-4,7,9H2,1-2H3,(H,15,16,17). The van der Waals surface area contributed by atoms with Gasteiger partial charge in [-0.1, -0.05) is 0 Å². The third-order valence-corrected chi connectivity index (χ3v) is 3.44. The van der Waals surface area contributed by atoms with E-state index in [1.807, 2.05) is 26.2 Å². The summed E-state index contributed by atoms with van der Waals surface area (Å²) in [6.07, 6.45) is 5.94. The molecule has 1 aliphatic heterocycles. The minimum absolute atomic E-state index is 0.300. The van der Waals surface area contributed by atoms with Gasteiger partial charge in [0.2, 0.25) is 5.95 Å². The zero-order chi connectivity index (χ0) is 13.9. The van der Waals surface area contributed by atoms with E-state index in [9.17, 15) is 0 Å². The van der Waals surface area contributed by atoms with Crippen molar-refractivity contribution in [3.63, 3.8) is 0 Å². The van der Waals surface area contributed by atoms with E-state index < -0.39 is 0 Å². The molecule has 0 aliphatic carbocycles. The molecule has 0 aromatic carbocycles. The summed E-state index contributed by atoms with van der Waals surface area (Å²) < 4.78 is 7.26. The molecule has 0 radical (unpaired) electrons. The van der Waals surface area contributed by atoms with Crippen molar-refractivity contribution in [3.05, 3.63) is 24.2 Å². The Balaban J connectivity index is 1.80. The van der Waals surface area contributed by atoms with Gasteiger partial charge in [-0.2, -0.15) is 5.10 Å². The predicted molar refractivity (Wildman–Crippen MR) is 76.4 cm³/mol. The summed E-state index contributed by atoms with van der Waals surface area (Å²) in [6.45, 7) is 3.56. The van der Waals surface area contributed by atoms with Crippen molar-refractivity contribution < 1.29 is 4.74 Å². The molecule has 1 fully saturated rings. The molecule has 0 bridgehead atoms. The second-order valence-corrected chi connectivity index (χ2v) is 5.13. The second kappa shape index (κ2) is 5.58. The molecule has 0 saturated carbocycles. The number of anilines is 1. The van der Waals surface area contributed by atoms with Gasteiger partial charge < -0.3 is 10.1 Å². The molecule has 2 aromatic heterocycles. The van der Waals surface area contributed by atoms with Gasteiger partial charge in [0.1, 0.15) is 0 Å². The summed E-state index contributed by atoms with van der Waals surface area (Å²) in [7, 11) is 1.91. The Bertz CT molecular complexity index is 589. The lowest BCUT2D eigenvalue weighted by molar-refractivity contribution is 0.0874. The van der Waals surface area contributed by atoms with E-state index in [4.69, 9.17) is 4.74 Å². The molecule has 1 atom stereocenters. The van der Waals surface area contributed by atoms with Crippen LogP contribution in [0.5, 0.6) is 0 Å². The molecule has 1 unspecified atom stereocenters. The lowest BCUT2D eigenvalue weighted by Gasteiger charge is -2.23. The number of nitrogens with one attached hydrogen (secondary N) is 1. The number of rotatable bonds is 3.